The highest BCUT2D eigenvalue weighted by Gasteiger charge is 2.25. The predicted molar refractivity (Wildman–Crippen MR) is 93.8 cm³/mol. The van der Waals surface area contributed by atoms with Crippen LogP contribution in [0.25, 0.3) is 22.7 Å². The summed E-state index contributed by atoms with van der Waals surface area (Å²) < 4.78 is 5.55. The fourth-order valence-electron chi connectivity index (χ4n) is 3.32. The fraction of sp³-hybridized carbons (Fsp3) is 0.263. The lowest BCUT2D eigenvalue weighted by Crippen LogP contribution is -2.32. The van der Waals surface area contributed by atoms with Gasteiger partial charge in [-0.1, -0.05) is 12.8 Å². The van der Waals surface area contributed by atoms with E-state index >= 15 is 0 Å². The number of hydrogen-bond acceptors (Lipinski definition) is 5. The first-order chi connectivity index (χ1) is 12.4. The number of carbonyl (C=O) groups is 1. The van der Waals surface area contributed by atoms with Crippen molar-refractivity contribution in [1.29, 1.82) is 0 Å². The van der Waals surface area contributed by atoms with E-state index in [4.69, 9.17) is 9.40 Å². The number of rotatable bonds is 5. The number of nitrogens with zero attached hydrogens (tertiary/aromatic N) is 4. The highest BCUT2D eigenvalue weighted by molar-refractivity contribution is 5.79. The van der Waals surface area contributed by atoms with Crippen LogP contribution >= 0.6 is 0 Å². The van der Waals surface area contributed by atoms with Gasteiger partial charge in [0.1, 0.15) is 5.69 Å². The Labute approximate surface area is 145 Å². The molecule has 1 fully saturated rings. The van der Waals surface area contributed by atoms with Crippen LogP contribution in [0.5, 0.6) is 0 Å². The zero-order chi connectivity index (χ0) is 17.1. The van der Waals surface area contributed by atoms with Crippen LogP contribution in [0.4, 0.5) is 5.82 Å². The quantitative estimate of drug-likeness (QED) is 0.665. The third kappa shape index (κ3) is 3.03. The predicted octanol–water partition coefficient (Wildman–Crippen LogP) is 3.70. The molecule has 3 aromatic rings. The molecule has 25 heavy (non-hydrogen) atoms. The number of hydrogen-bond donors (Lipinski definition) is 0. The summed E-state index contributed by atoms with van der Waals surface area (Å²) in [6.07, 6.45) is 11.8. The van der Waals surface area contributed by atoms with Gasteiger partial charge in [0.15, 0.2) is 11.6 Å². The Hall–Kier alpha value is -3.02. The van der Waals surface area contributed by atoms with E-state index in [2.05, 4.69) is 9.97 Å². The van der Waals surface area contributed by atoms with Gasteiger partial charge in [0.25, 0.3) is 0 Å². The fourth-order valence-corrected chi connectivity index (χ4v) is 3.32. The molecule has 0 radical (unpaired) electrons. The molecular weight excluding hydrogens is 316 g/mol. The zero-order valence-electron chi connectivity index (χ0n) is 13.7. The first-order valence-electron chi connectivity index (χ1n) is 8.42. The number of carbonyl (C=O) groups excluding carboxylic acids is 1. The van der Waals surface area contributed by atoms with Gasteiger partial charge in [0.2, 0.25) is 6.41 Å². The summed E-state index contributed by atoms with van der Waals surface area (Å²) in [7, 11) is 0. The van der Waals surface area contributed by atoms with E-state index < -0.39 is 0 Å². The van der Waals surface area contributed by atoms with Crippen molar-refractivity contribution in [3.8, 4) is 22.7 Å². The van der Waals surface area contributed by atoms with Crippen molar-refractivity contribution in [3.05, 3.63) is 49.1 Å². The Balaban J connectivity index is 1.81. The third-order valence-electron chi connectivity index (χ3n) is 4.56. The molecule has 0 N–H and O–H groups in total. The van der Waals surface area contributed by atoms with E-state index in [0.717, 1.165) is 37.7 Å². The van der Waals surface area contributed by atoms with E-state index in [-0.39, 0.29) is 6.04 Å². The van der Waals surface area contributed by atoms with Crippen LogP contribution in [-0.2, 0) is 4.79 Å². The molecule has 1 amide bonds. The number of amides is 1. The first kappa shape index (κ1) is 15.5. The normalized spacial score (nSPS) is 14.6. The molecule has 0 bridgehead atoms. The van der Waals surface area contributed by atoms with Crippen molar-refractivity contribution in [2.45, 2.75) is 31.7 Å². The van der Waals surface area contributed by atoms with Gasteiger partial charge in [-0.3, -0.25) is 14.7 Å². The van der Waals surface area contributed by atoms with Crippen LogP contribution < -0.4 is 4.90 Å². The highest BCUT2D eigenvalue weighted by atomic mass is 16.3. The average molecular weight is 334 g/mol. The Bertz CT molecular complexity index is 843. The van der Waals surface area contributed by atoms with E-state index in [0.29, 0.717) is 23.0 Å². The zero-order valence-corrected chi connectivity index (χ0v) is 13.7. The lowest BCUT2D eigenvalue weighted by molar-refractivity contribution is -0.107. The van der Waals surface area contributed by atoms with Crippen LogP contribution in [0.3, 0.4) is 0 Å². The molecular formula is C19H18N4O2. The Morgan fingerprint density at radius 3 is 2.60 bits per heavy atom. The molecule has 3 heterocycles. The molecule has 0 aliphatic heterocycles. The topological polar surface area (TPSA) is 72.1 Å². The highest BCUT2D eigenvalue weighted by Crippen LogP contribution is 2.32. The second-order valence-corrected chi connectivity index (χ2v) is 6.09. The van der Waals surface area contributed by atoms with Gasteiger partial charge >= 0.3 is 0 Å². The minimum absolute atomic E-state index is 0.197. The van der Waals surface area contributed by atoms with Crippen LogP contribution in [0.1, 0.15) is 25.7 Å². The van der Waals surface area contributed by atoms with Crippen LogP contribution in [0, 0.1) is 0 Å². The molecule has 4 rings (SSSR count). The summed E-state index contributed by atoms with van der Waals surface area (Å²) >= 11 is 0. The van der Waals surface area contributed by atoms with Crippen LogP contribution in [-0.4, -0.2) is 27.4 Å². The Kier molecular flexibility index (Phi) is 4.24. The second-order valence-electron chi connectivity index (χ2n) is 6.09. The number of anilines is 1. The molecule has 0 unspecified atom stereocenters. The Morgan fingerprint density at radius 2 is 1.92 bits per heavy atom. The van der Waals surface area contributed by atoms with E-state index in [1.165, 1.54) is 0 Å². The SMILES string of the molecule is O=CN(c1cnc(-c2ccncc2)c(-c2ccco2)n1)C1CCCC1. The molecule has 0 spiro atoms. The first-order valence-corrected chi connectivity index (χ1v) is 8.42. The van der Waals surface area contributed by atoms with Gasteiger partial charge in [-0.2, -0.15) is 0 Å². The number of aromatic nitrogens is 3. The largest absolute Gasteiger partial charge is 0.463 e. The molecule has 0 aromatic carbocycles. The number of furan rings is 1. The summed E-state index contributed by atoms with van der Waals surface area (Å²) in [6, 6.07) is 7.62. The molecule has 0 atom stereocenters. The van der Waals surface area contributed by atoms with Gasteiger partial charge < -0.3 is 4.42 Å². The molecule has 6 nitrogen and oxygen atoms in total. The van der Waals surface area contributed by atoms with Crippen molar-refractivity contribution in [3.63, 3.8) is 0 Å². The van der Waals surface area contributed by atoms with Crippen molar-refractivity contribution < 1.29 is 9.21 Å². The van der Waals surface area contributed by atoms with Crippen LogP contribution in [0.15, 0.2) is 53.5 Å². The van der Waals surface area contributed by atoms with E-state index in [9.17, 15) is 4.79 Å². The maximum Gasteiger partial charge on any atom is 0.215 e. The minimum atomic E-state index is 0.197. The Morgan fingerprint density at radius 1 is 1.12 bits per heavy atom. The monoisotopic (exact) mass is 334 g/mol. The van der Waals surface area contributed by atoms with E-state index in [1.807, 2.05) is 24.3 Å². The lowest BCUT2D eigenvalue weighted by Gasteiger charge is -2.23. The molecule has 126 valence electrons. The van der Waals surface area contributed by atoms with Gasteiger partial charge in [-0.15, -0.1) is 0 Å². The summed E-state index contributed by atoms with van der Waals surface area (Å²) in [5.41, 5.74) is 2.23. The van der Waals surface area contributed by atoms with Crippen molar-refractivity contribution >= 4 is 12.2 Å². The van der Waals surface area contributed by atoms with E-state index in [1.54, 1.807) is 29.8 Å². The third-order valence-corrected chi connectivity index (χ3v) is 4.56. The summed E-state index contributed by atoms with van der Waals surface area (Å²) in [5.74, 6) is 1.18. The molecule has 0 saturated heterocycles. The summed E-state index contributed by atoms with van der Waals surface area (Å²) in [6.45, 7) is 0. The molecule has 6 heteroatoms. The van der Waals surface area contributed by atoms with Crippen molar-refractivity contribution in [2.75, 3.05) is 4.90 Å². The lowest BCUT2D eigenvalue weighted by atomic mass is 10.1. The summed E-state index contributed by atoms with van der Waals surface area (Å²) in [5, 5.41) is 0. The van der Waals surface area contributed by atoms with Crippen molar-refractivity contribution in [2.24, 2.45) is 0 Å². The van der Waals surface area contributed by atoms with Crippen molar-refractivity contribution in [1.82, 2.24) is 15.0 Å². The van der Waals surface area contributed by atoms with Gasteiger partial charge in [-0.25, -0.2) is 9.97 Å². The van der Waals surface area contributed by atoms with Gasteiger partial charge in [0, 0.05) is 24.0 Å². The minimum Gasteiger partial charge on any atom is -0.463 e. The summed E-state index contributed by atoms with van der Waals surface area (Å²) in [4.78, 5) is 26.7. The second kappa shape index (κ2) is 6.84. The maximum atomic E-state index is 11.7. The van der Waals surface area contributed by atoms with Crippen LogP contribution in [0.2, 0.25) is 0 Å². The average Bonchev–Trinajstić information content (AvgIpc) is 3.37. The molecule has 1 aliphatic carbocycles. The smallest absolute Gasteiger partial charge is 0.215 e. The van der Waals surface area contributed by atoms with Gasteiger partial charge in [0.05, 0.1) is 18.2 Å². The van der Waals surface area contributed by atoms with Gasteiger partial charge in [-0.05, 0) is 37.1 Å². The maximum absolute atomic E-state index is 11.7. The molecule has 1 saturated carbocycles. The standard InChI is InChI=1S/C19H18N4O2/c24-13-23(15-4-1-2-5-15)17-12-21-18(14-7-9-20-10-8-14)19(22-17)16-6-3-11-25-16/h3,6-13,15H,1-2,4-5H2. The molecule has 1 aliphatic rings. The molecule has 3 aromatic heterocycles. The number of pyridine rings is 1.